The van der Waals surface area contributed by atoms with Crippen LogP contribution in [0.15, 0.2) is 24.5 Å². The highest BCUT2D eigenvalue weighted by atomic mass is 15.4. The van der Waals surface area contributed by atoms with Gasteiger partial charge in [-0.2, -0.15) is 4.52 Å². The Morgan fingerprint density at radius 2 is 1.61 bits per heavy atom. The van der Waals surface area contributed by atoms with E-state index in [1.54, 1.807) is 6.33 Å². The third-order valence-electron chi connectivity index (χ3n) is 6.70. The minimum atomic E-state index is 0.509. The van der Waals surface area contributed by atoms with Gasteiger partial charge in [-0.15, -0.1) is 15.3 Å². The fourth-order valence-corrected chi connectivity index (χ4v) is 4.68. The van der Waals surface area contributed by atoms with Crippen molar-refractivity contribution in [1.82, 2.24) is 29.8 Å². The summed E-state index contributed by atoms with van der Waals surface area (Å²) in [4.78, 5) is 16.1. The predicted octanol–water partition coefficient (Wildman–Crippen LogP) is 2.50. The zero-order chi connectivity index (χ0) is 20.9. The van der Waals surface area contributed by atoms with E-state index in [9.17, 15) is 0 Å². The zero-order valence-electron chi connectivity index (χ0n) is 18.2. The van der Waals surface area contributed by atoms with E-state index in [1.165, 1.54) is 25.7 Å². The van der Waals surface area contributed by atoms with Crippen LogP contribution in [0.3, 0.4) is 0 Å². The summed E-state index contributed by atoms with van der Waals surface area (Å²) < 4.78 is 1.96. The Balaban J connectivity index is 1.19. The van der Waals surface area contributed by atoms with Gasteiger partial charge in [-0.1, -0.05) is 0 Å². The molecule has 31 heavy (non-hydrogen) atoms. The Morgan fingerprint density at radius 1 is 0.871 bits per heavy atom. The molecule has 9 nitrogen and oxygen atoms in total. The van der Waals surface area contributed by atoms with E-state index in [1.807, 2.05) is 29.6 Å². The van der Waals surface area contributed by atoms with E-state index in [2.05, 4.69) is 42.1 Å². The largest absolute Gasteiger partial charge is 0.363 e. The Bertz CT molecular complexity index is 1080. The molecule has 3 aliphatic rings. The Hall–Kier alpha value is -2.97. The Morgan fingerprint density at radius 3 is 2.32 bits per heavy atom. The van der Waals surface area contributed by atoms with Crippen LogP contribution < -0.4 is 14.7 Å². The highest BCUT2D eigenvalue weighted by molar-refractivity contribution is 5.52. The lowest BCUT2D eigenvalue weighted by Crippen LogP contribution is -2.46. The summed E-state index contributed by atoms with van der Waals surface area (Å²) in [5, 5.41) is 13.6. The van der Waals surface area contributed by atoms with Gasteiger partial charge >= 0.3 is 0 Å². The van der Waals surface area contributed by atoms with E-state index in [4.69, 9.17) is 5.10 Å². The van der Waals surface area contributed by atoms with Crippen molar-refractivity contribution in [3.05, 3.63) is 30.4 Å². The summed E-state index contributed by atoms with van der Waals surface area (Å²) in [5.41, 5.74) is 0.848. The lowest BCUT2D eigenvalue weighted by atomic mass is 10.0. The molecule has 0 spiro atoms. The smallest absolute Gasteiger partial charge is 0.178 e. The topological polar surface area (TPSA) is 78.6 Å². The summed E-state index contributed by atoms with van der Waals surface area (Å²) in [6, 6.07) is 7.40. The molecule has 0 atom stereocenters. The lowest BCUT2D eigenvalue weighted by Gasteiger charge is -2.40. The molecule has 2 saturated carbocycles. The summed E-state index contributed by atoms with van der Waals surface area (Å²) in [7, 11) is 4.06. The van der Waals surface area contributed by atoms with Crippen LogP contribution in [0.4, 0.5) is 17.5 Å². The van der Waals surface area contributed by atoms with Crippen LogP contribution in [-0.2, 0) is 0 Å². The molecule has 4 heterocycles. The second-order valence-electron chi connectivity index (χ2n) is 9.28. The number of piperidine rings is 1. The van der Waals surface area contributed by atoms with Crippen LogP contribution in [-0.4, -0.2) is 69.0 Å². The van der Waals surface area contributed by atoms with Crippen LogP contribution >= 0.6 is 0 Å². The molecule has 3 fully saturated rings. The molecular formula is C22H29N9. The second-order valence-corrected chi connectivity index (χ2v) is 9.28. The van der Waals surface area contributed by atoms with Gasteiger partial charge in [0.25, 0.3) is 0 Å². The van der Waals surface area contributed by atoms with Gasteiger partial charge in [0.1, 0.15) is 23.8 Å². The number of fused-ring (bicyclic) bond motifs is 1. The minimum absolute atomic E-state index is 0.509. The van der Waals surface area contributed by atoms with Crippen molar-refractivity contribution in [2.45, 2.75) is 56.5 Å². The fraction of sp³-hybridized carbons (Fsp3) is 0.591. The van der Waals surface area contributed by atoms with Gasteiger partial charge in [-0.05, 0) is 50.7 Å². The van der Waals surface area contributed by atoms with E-state index in [0.717, 1.165) is 54.9 Å². The molecule has 6 rings (SSSR count). The van der Waals surface area contributed by atoms with Crippen molar-refractivity contribution >= 4 is 23.1 Å². The Kier molecular flexibility index (Phi) is 4.43. The van der Waals surface area contributed by atoms with Crippen molar-refractivity contribution < 1.29 is 0 Å². The molecule has 0 N–H and O–H groups in total. The molecule has 0 bridgehead atoms. The second kappa shape index (κ2) is 7.32. The summed E-state index contributed by atoms with van der Waals surface area (Å²) in [6.45, 7) is 2.00. The molecule has 3 aromatic heterocycles. The molecule has 0 aromatic carbocycles. The maximum absolute atomic E-state index is 4.90. The molecular weight excluding hydrogens is 390 g/mol. The van der Waals surface area contributed by atoms with Crippen molar-refractivity contribution in [2.24, 2.45) is 0 Å². The van der Waals surface area contributed by atoms with Crippen molar-refractivity contribution in [2.75, 3.05) is 41.9 Å². The van der Waals surface area contributed by atoms with Crippen LogP contribution in [0.5, 0.6) is 0 Å². The maximum atomic E-state index is 4.90. The Labute approximate surface area is 182 Å². The third kappa shape index (κ3) is 3.55. The number of aromatic nitrogens is 6. The van der Waals surface area contributed by atoms with E-state index in [-0.39, 0.29) is 0 Å². The van der Waals surface area contributed by atoms with Gasteiger partial charge in [-0.25, -0.2) is 9.97 Å². The van der Waals surface area contributed by atoms with Gasteiger partial charge in [0, 0.05) is 51.3 Å². The first-order valence-electron chi connectivity index (χ1n) is 11.4. The molecule has 3 aromatic rings. The highest BCUT2D eigenvalue weighted by Gasteiger charge is 2.37. The quantitative estimate of drug-likeness (QED) is 0.603. The average molecular weight is 420 g/mol. The average Bonchev–Trinajstić information content (AvgIpc) is 3.73. The van der Waals surface area contributed by atoms with E-state index < -0.39 is 0 Å². The van der Waals surface area contributed by atoms with Crippen LogP contribution in [0.25, 0.3) is 5.65 Å². The van der Waals surface area contributed by atoms with Crippen LogP contribution in [0.1, 0.15) is 50.3 Å². The van der Waals surface area contributed by atoms with E-state index >= 15 is 0 Å². The highest BCUT2D eigenvalue weighted by Crippen LogP contribution is 2.39. The molecule has 9 heteroatoms. The minimum Gasteiger partial charge on any atom is -0.363 e. The fourth-order valence-electron chi connectivity index (χ4n) is 4.68. The molecule has 0 unspecified atom stereocenters. The third-order valence-corrected chi connectivity index (χ3v) is 6.70. The van der Waals surface area contributed by atoms with Crippen LogP contribution in [0.2, 0.25) is 0 Å². The first-order chi connectivity index (χ1) is 15.2. The lowest BCUT2D eigenvalue weighted by molar-refractivity contribution is 0.456. The number of rotatable bonds is 6. The van der Waals surface area contributed by atoms with Crippen LogP contribution in [0, 0.1) is 0 Å². The molecule has 1 aliphatic heterocycles. The summed E-state index contributed by atoms with van der Waals surface area (Å²) in [6.07, 6.45) is 8.84. The molecule has 0 amide bonds. The monoisotopic (exact) mass is 419 g/mol. The molecule has 0 radical (unpaired) electrons. The van der Waals surface area contributed by atoms with Gasteiger partial charge in [0.15, 0.2) is 11.5 Å². The molecule has 2 aliphatic carbocycles. The van der Waals surface area contributed by atoms with Gasteiger partial charge < -0.3 is 14.7 Å². The van der Waals surface area contributed by atoms with Gasteiger partial charge in [-0.3, -0.25) is 0 Å². The summed E-state index contributed by atoms with van der Waals surface area (Å²) >= 11 is 0. The van der Waals surface area contributed by atoms with Crippen molar-refractivity contribution in [1.29, 1.82) is 0 Å². The number of nitrogens with zero attached hydrogens (tertiary/aromatic N) is 9. The normalized spacial score (nSPS) is 19.7. The standard InChI is InChI=1S/C22H29N9/c1-28(2)20-13-21(24-14-23-20)30(16-5-6-16)17-9-11-29(12-10-17)19-8-7-18-25-26-22(15-3-4-15)31(18)27-19/h7-8,13-17H,3-6,9-12H2,1-2H3. The maximum Gasteiger partial charge on any atom is 0.178 e. The first-order valence-corrected chi connectivity index (χ1v) is 11.4. The predicted molar refractivity (Wildman–Crippen MR) is 120 cm³/mol. The SMILES string of the molecule is CN(C)c1cc(N(C2CC2)C2CCN(c3ccc4nnc(C5CC5)n4n3)CC2)ncn1. The van der Waals surface area contributed by atoms with Crippen molar-refractivity contribution in [3.8, 4) is 0 Å². The molecule has 1 saturated heterocycles. The van der Waals surface area contributed by atoms with Gasteiger partial charge in [0.05, 0.1) is 0 Å². The number of hydrogen-bond acceptors (Lipinski definition) is 8. The van der Waals surface area contributed by atoms with E-state index in [0.29, 0.717) is 18.0 Å². The number of anilines is 3. The molecule has 162 valence electrons. The zero-order valence-corrected chi connectivity index (χ0v) is 18.2. The van der Waals surface area contributed by atoms with Gasteiger partial charge in [0.2, 0.25) is 0 Å². The van der Waals surface area contributed by atoms with Crippen molar-refractivity contribution in [3.63, 3.8) is 0 Å². The summed E-state index contributed by atoms with van der Waals surface area (Å²) in [5.74, 6) is 4.62. The number of hydrogen-bond donors (Lipinski definition) is 0. The first kappa shape index (κ1) is 18.8.